The minimum atomic E-state index is -0.479. The molecule has 1 unspecified atom stereocenters. The average molecular weight is 354 g/mol. The minimum Gasteiger partial charge on any atom is -0.362 e. The van der Waals surface area contributed by atoms with Gasteiger partial charge >= 0.3 is 0 Å². The van der Waals surface area contributed by atoms with Crippen molar-refractivity contribution >= 4 is 17.3 Å². The normalized spacial score (nSPS) is 22.0. The van der Waals surface area contributed by atoms with Crippen LogP contribution >= 0.6 is 0 Å². The molecule has 136 valence electrons. The van der Waals surface area contributed by atoms with Crippen LogP contribution in [0.25, 0.3) is 0 Å². The van der Waals surface area contributed by atoms with Crippen LogP contribution in [0.4, 0.5) is 5.69 Å². The quantitative estimate of drug-likeness (QED) is 0.659. The number of carbonyl (C=O) groups is 2. The Kier molecular flexibility index (Phi) is 4.30. The lowest BCUT2D eigenvalue weighted by Gasteiger charge is -2.39. The monoisotopic (exact) mass is 354 g/mol. The van der Waals surface area contributed by atoms with Gasteiger partial charge < -0.3 is 5.32 Å². The Balaban J connectivity index is 2.17. The number of dihydropyridines is 1. The van der Waals surface area contributed by atoms with Crippen molar-refractivity contribution in [1.82, 2.24) is 5.32 Å². The van der Waals surface area contributed by atoms with Gasteiger partial charge in [-0.2, -0.15) is 0 Å². The van der Waals surface area contributed by atoms with Gasteiger partial charge in [0, 0.05) is 47.0 Å². The van der Waals surface area contributed by atoms with Crippen molar-refractivity contribution in [2.24, 2.45) is 5.41 Å². The SMILES string of the molecule is CC(=O)C1=C(C)NC2=C(C(=O)CC(C)(C)C2)C1c1ccc([N+](=O)[O-])cc1. The molecule has 3 rings (SSSR count). The van der Waals surface area contributed by atoms with Crippen LogP contribution < -0.4 is 5.32 Å². The van der Waals surface area contributed by atoms with E-state index < -0.39 is 10.8 Å². The molecule has 1 aromatic rings. The first-order valence-corrected chi connectivity index (χ1v) is 8.60. The standard InChI is InChI=1S/C20H22N2O4/c1-11-17(12(2)23)18(13-5-7-14(8-6-13)22(25)26)19-15(21-11)9-20(3,4)10-16(19)24/h5-8,18,21H,9-10H2,1-4H3. The molecule has 1 N–H and O–H groups in total. The summed E-state index contributed by atoms with van der Waals surface area (Å²) in [6, 6.07) is 6.12. The van der Waals surface area contributed by atoms with E-state index in [1.54, 1.807) is 12.1 Å². The highest BCUT2D eigenvalue weighted by Crippen LogP contribution is 2.46. The third-order valence-corrected chi connectivity index (χ3v) is 5.06. The van der Waals surface area contributed by atoms with Gasteiger partial charge in [0.05, 0.1) is 4.92 Å². The van der Waals surface area contributed by atoms with E-state index in [1.165, 1.54) is 19.1 Å². The summed E-state index contributed by atoms with van der Waals surface area (Å²) in [5, 5.41) is 14.2. The molecular weight excluding hydrogens is 332 g/mol. The van der Waals surface area contributed by atoms with Crippen molar-refractivity contribution in [3.8, 4) is 0 Å². The molecule has 6 nitrogen and oxygen atoms in total. The predicted molar refractivity (Wildman–Crippen MR) is 97.4 cm³/mol. The number of hydrogen-bond acceptors (Lipinski definition) is 5. The van der Waals surface area contributed by atoms with Crippen LogP contribution in [0.3, 0.4) is 0 Å². The highest BCUT2D eigenvalue weighted by atomic mass is 16.6. The Morgan fingerprint density at radius 1 is 1.23 bits per heavy atom. The lowest BCUT2D eigenvalue weighted by molar-refractivity contribution is -0.384. The van der Waals surface area contributed by atoms with E-state index in [0.29, 0.717) is 17.6 Å². The van der Waals surface area contributed by atoms with Gasteiger partial charge in [-0.1, -0.05) is 26.0 Å². The third-order valence-electron chi connectivity index (χ3n) is 5.06. The number of non-ortho nitro benzene ring substituents is 1. The summed E-state index contributed by atoms with van der Waals surface area (Å²) in [5.41, 5.74) is 3.33. The summed E-state index contributed by atoms with van der Waals surface area (Å²) in [7, 11) is 0. The molecule has 0 saturated carbocycles. The minimum absolute atomic E-state index is 0.0157. The number of benzene rings is 1. The van der Waals surface area contributed by atoms with E-state index in [-0.39, 0.29) is 22.7 Å². The number of allylic oxidation sites excluding steroid dienone is 4. The van der Waals surface area contributed by atoms with Crippen LogP contribution in [-0.4, -0.2) is 16.5 Å². The zero-order valence-electron chi connectivity index (χ0n) is 15.4. The molecule has 26 heavy (non-hydrogen) atoms. The first-order chi connectivity index (χ1) is 12.1. The number of ketones is 2. The first kappa shape index (κ1) is 18.0. The smallest absolute Gasteiger partial charge is 0.269 e. The second kappa shape index (κ2) is 6.20. The molecule has 6 heteroatoms. The van der Waals surface area contributed by atoms with Gasteiger partial charge in [0.25, 0.3) is 5.69 Å². The molecule has 1 aromatic carbocycles. The Bertz CT molecular complexity index is 876. The van der Waals surface area contributed by atoms with E-state index >= 15 is 0 Å². The van der Waals surface area contributed by atoms with Crippen LogP contribution in [0.2, 0.25) is 0 Å². The molecule has 0 saturated heterocycles. The number of nitrogens with one attached hydrogen (secondary N) is 1. The highest BCUT2D eigenvalue weighted by Gasteiger charge is 2.41. The topological polar surface area (TPSA) is 89.3 Å². The molecule has 2 aliphatic rings. The second-order valence-electron chi connectivity index (χ2n) is 7.83. The zero-order valence-corrected chi connectivity index (χ0v) is 15.4. The van der Waals surface area contributed by atoms with Crippen LogP contribution in [0.5, 0.6) is 0 Å². The third kappa shape index (κ3) is 3.07. The van der Waals surface area contributed by atoms with E-state index in [9.17, 15) is 19.7 Å². The molecule has 0 bridgehead atoms. The molecule has 1 aliphatic heterocycles. The van der Waals surface area contributed by atoms with Gasteiger partial charge in [-0.3, -0.25) is 19.7 Å². The summed E-state index contributed by atoms with van der Waals surface area (Å²) >= 11 is 0. The number of nitrogens with zero attached hydrogens (tertiary/aromatic N) is 1. The molecule has 0 radical (unpaired) electrons. The summed E-state index contributed by atoms with van der Waals surface area (Å²) in [6.07, 6.45) is 1.14. The van der Waals surface area contributed by atoms with E-state index in [2.05, 4.69) is 19.2 Å². The Morgan fingerprint density at radius 2 is 1.85 bits per heavy atom. The van der Waals surface area contributed by atoms with E-state index in [1.807, 2.05) is 6.92 Å². The maximum Gasteiger partial charge on any atom is 0.269 e. The van der Waals surface area contributed by atoms with Gasteiger partial charge in [0.2, 0.25) is 0 Å². The molecule has 0 fully saturated rings. The van der Waals surface area contributed by atoms with Crippen LogP contribution in [-0.2, 0) is 9.59 Å². The molecule has 1 heterocycles. The lowest BCUT2D eigenvalue weighted by atomic mass is 9.68. The van der Waals surface area contributed by atoms with Crippen molar-refractivity contribution in [2.45, 2.75) is 46.5 Å². The lowest BCUT2D eigenvalue weighted by Crippen LogP contribution is -2.38. The van der Waals surface area contributed by atoms with Crippen molar-refractivity contribution in [1.29, 1.82) is 0 Å². The van der Waals surface area contributed by atoms with Crippen LogP contribution in [0.1, 0.15) is 52.0 Å². The molecule has 0 amide bonds. The first-order valence-electron chi connectivity index (χ1n) is 8.60. The number of rotatable bonds is 3. The van der Waals surface area contributed by atoms with Gasteiger partial charge in [-0.15, -0.1) is 0 Å². The van der Waals surface area contributed by atoms with Crippen molar-refractivity contribution in [2.75, 3.05) is 0 Å². The number of nitro benzene ring substituents is 1. The summed E-state index contributed by atoms with van der Waals surface area (Å²) < 4.78 is 0. The fourth-order valence-electron chi connectivity index (χ4n) is 4.02. The highest BCUT2D eigenvalue weighted by molar-refractivity contribution is 6.05. The maximum atomic E-state index is 12.9. The second-order valence-corrected chi connectivity index (χ2v) is 7.83. The fraction of sp³-hybridized carbons (Fsp3) is 0.400. The molecule has 1 atom stereocenters. The number of carbonyl (C=O) groups excluding carboxylic acids is 2. The summed E-state index contributed by atoms with van der Waals surface area (Å²) in [5.74, 6) is -0.561. The number of Topliss-reactive ketones (excluding diaryl/α,β-unsaturated/α-hetero) is 2. The summed E-state index contributed by atoms with van der Waals surface area (Å²) in [4.78, 5) is 35.7. The average Bonchev–Trinajstić information content (AvgIpc) is 2.51. The van der Waals surface area contributed by atoms with Gasteiger partial charge in [-0.05, 0) is 31.2 Å². The molecule has 0 aromatic heterocycles. The number of nitro groups is 1. The van der Waals surface area contributed by atoms with Gasteiger partial charge in [-0.25, -0.2) is 0 Å². The van der Waals surface area contributed by atoms with Crippen molar-refractivity contribution in [3.05, 3.63) is 62.5 Å². The molecule has 0 spiro atoms. The van der Waals surface area contributed by atoms with Crippen molar-refractivity contribution in [3.63, 3.8) is 0 Å². The molecular formula is C20H22N2O4. The number of hydrogen-bond donors (Lipinski definition) is 1. The van der Waals surface area contributed by atoms with Crippen LogP contribution in [0, 0.1) is 15.5 Å². The van der Waals surface area contributed by atoms with Crippen LogP contribution in [0.15, 0.2) is 46.8 Å². The van der Waals surface area contributed by atoms with E-state index in [0.717, 1.165) is 23.4 Å². The van der Waals surface area contributed by atoms with Crippen molar-refractivity contribution < 1.29 is 14.5 Å². The molecule has 1 aliphatic carbocycles. The van der Waals surface area contributed by atoms with Gasteiger partial charge in [0.1, 0.15) is 0 Å². The maximum absolute atomic E-state index is 12.9. The Morgan fingerprint density at radius 3 is 2.38 bits per heavy atom. The van der Waals surface area contributed by atoms with E-state index in [4.69, 9.17) is 0 Å². The Labute approximate surface area is 152 Å². The Hall–Kier alpha value is -2.76. The zero-order chi connectivity index (χ0) is 19.2. The fourth-order valence-corrected chi connectivity index (χ4v) is 4.02. The largest absolute Gasteiger partial charge is 0.362 e. The van der Waals surface area contributed by atoms with Gasteiger partial charge in [0.15, 0.2) is 11.6 Å². The summed E-state index contributed by atoms with van der Waals surface area (Å²) in [6.45, 7) is 7.43. The predicted octanol–water partition coefficient (Wildman–Crippen LogP) is 3.79.